The predicted octanol–water partition coefficient (Wildman–Crippen LogP) is 3.37. The summed E-state index contributed by atoms with van der Waals surface area (Å²) in [6.07, 6.45) is 0. The molecule has 0 saturated heterocycles. The predicted molar refractivity (Wildman–Crippen MR) is 78.4 cm³/mol. The first kappa shape index (κ1) is 14.3. The summed E-state index contributed by atoms with van der Waals surface area (Å²) >= 11 is 1.53. The van der Waals surface area contributed by atoms with Crippen LogP contribution in [0.25, 0.3) is 0 Å². The van der Waals surface area contributed by atoms with E-state index in [4.69, 9.17) is 4.74 Å². The first-order valence-electron chi connectivity index (χ1n) is 6.16. The maximum atomic E-state index is 11.1. The van der Waals surface area contributed by atoms with Crippen LogP contribution in [-0.4, -0.2) is 16.5 Å². The standard InChI is InChI=1S/C13H15N3O3S/c1-3-19-10-4-5-11(12(6-10)16(17)18)14-7-13-15-9(2)8-20-13/h4-6,8,14H,3,7H2,1-2H3. The number of ether oxygens (including phenoxy) is 1. The zero-order chi connectivity index (χ0) is 14.5. The van der Waals surface area contributed by atoms with Crippen LogP contribution in [0, 0.1) is 17.0 Å². The molecule has 0 aliphatic carbocycles. The molecule has 7 heteroatoms. The zero-order valence-electron chi connectivity index (χ0n) is 11.3. The van der Waals surface area contributed by atoms with Gasteiger partial charge in [-0.3, -0.25) is 10.1 Å². The van der Waals surface area contributed by atoms with Crippen molar-refractivity contribution in [1.82, 2.24) is 4.98 Å². The minimum atomic E-state index is -0.419. The van der Waals surface area contributed by atoms with Crippen molar-refractivity contribution in [3.63, 3.8) is 0 Å². The van der Waals surface area contributed by atoms with Gasteiger partial charge < -0.3 is 10.1 Å². The Morgan fingerprint density at radius 2 is 2.30 bits per heavy atom. The van der Waals surface area contributed by atoms with Crippen molar-refractivity contribution in [3.05, 3.63) is 44.4 Å². The quantitative estimate of drug-likeness (QED) is 0.652. The lowest BCUT2D eigenvalue weighted by Gasteiger charge is -2.08. The lowest BCUT2D eigenvalue weighted by molar-refractivity contribution is -0.384. The second-order valence-corrected chi connectivity index (χ2v) is 5.05. The van der Waals surface area contributed by atoms with Gasteiger partial charge in [-0.15, -0.1) is 11.3 Å². The van der Waals surface area contributed by atoms with Gasteiger partial charge in [0.25, 0.3) is 5.69 Å². The summed E-state index contributed by atoms with van der Waals surface area (Å²) < 4.78 is 5.28. The highest BCUT2D eigenvalue weighted by Gasteiger charge is 2.15. The fourth-order valence-corrected chi connectivity index (χ4v) is 2.43. The fraction of sp³-hybridized carbons (Fsp3) is 0.308. The molecule has 0 unspecified atom stereocenters. The Morgan fingerprint density at radius 1 is 1.50 bits per heavy atom. The van der Waals surface area contributed by atoms with Crippen LogP contribution in [0.5, 0.6) is 5.75 Å². The van der Waals surface area contributed by atoms with Crippen molar-refractivity contribution < 1.29 is 9.66 Å². The summed E-state index contributed by atoms with van der Waals surface area (Å²) in [5, 5.41) is 17.0. The molecule has 0 bridgehead atoms. The molecule has 0 spiro atoms. The summed E-state index contributed by atoms with van der Waals surface area (Å²) in [6, 6.07) is 4.80. The van der Waals surface area contributed by atoms with E-state index in [2.05, 4.69) is 10.3 Å². The van der Waals surface area contributed by atoms with E-state index in [1.807, 2.05) is 19.2 Å². The molecule has 0 aliphatic rings. The number of nitrogens with zero attached hydrogens (tertiary/aromatic N) is 2. The number of benzene rings is 1. The molecule has 0 atom stereocenters. The number of hydrogen-bond donors (Lipinski definition) is 1. The average molecular weight is 293 g/mol. The number of nitro groups is 1. The van der Waals surface area contributed by atoms with Gasteiger partial charge in [-0.2, -0.15) is 0 Å². The number of rotatable bonds is 6. The number of nitro benzene ring substituents is 1. The molecule has 106 valence electrons. The van der Waals surface area contributed by atoms with Crippen molar-refractivity contribution >= 4 is 22.7 Å². The topological polar surface area (TPSA) is 77.3 Å². The van der Waals surface area contributed by atoms with Crippen LogP contribution in [-0.2, 0) is 6.54 Å². The highest BCUT2D eigenvalue weighted by Crippen LogP contribution is 2.29. The highest BCUT2D eigenvalue weighted by atomic mass is 32.1. The van der Waals surface area contributed by atoms with E-state index >= 15 is 0 Å². The summed E-state index contributed by atoms with van der Waals surface area (Å²) in [5.41, 5.74) is 1.42. The summed E-state index contributed by atoms with van der Waals surface area (Å²) in [4.78, 5) is 15.0. The molecule has 1 aromatic heterocycles. The normalized spacial score (nSPS) is 10.3. The molecule has 0 saturated carbocycles. The molecular formula is C13H15N3O3S. The third kappa shape index (κ3) is 3.45. The number of aromatic nitrogens is 1. The van der Waals surface area contributed by atoms with Gasteiger partial charge in [-0.25, -0.2) is 4.98 Å². The highest BCUT2D eigenvalue weighted by molar-refractivity contribution is 7.09. The summed E-state index contributed by atoms with van der Waals surface area (Å²) in [6.45, 7) is 4.69. The number of aryl methyl sites for hydroxylation is 1. The van der Waals surface area contributed by atoms with Gasteiger partial charge in [0, 0.05) is 11.1 Å². The Morgan fingerprint density at radius 3 is 2.90 bits per heavy atom. The molecule has 0 fully saturated rings. The smallest absolute Gasteiger partial charge is 0.296 e. The van der Waals surface area contributed by atoms with Gasteiger partial charge in [0.15, 0.2) is 0 Å². The first-order valence-corrected chi connectivity index (χ1v) is 7.04. The van der Waals surface area contributed by atoms with Crippen LogP contribution in [0.2, 0.25) is 0 Å². The van der Waals surface area contributed by atoms with Crippen molar-refractivity contribution in [1.29, 1.82) is 0 Å². The Balaban J connectivity index is 2.15. The molecule has 1 aromatic carbocycles. The largest absolute Gasteiger partial charge is 0.494 e. The minimum absolute atomic E-state index is 0.00391. The monoisotopic (exact) mass is 293 g/mol. The Labute approximate surface area is 120 Å². The van der Waals surface area contributed by atoms with E-state index in [-0.39, 0.29) is 5.69 Å². The van der Waals surface area contributed by atoms with Crippen molar-refractivity contribution in [2.45, 2.75) is 20.4 Å². The SMILES string of the molecule is CCOc1ccc(NCc2nc(C)cs2)c([N+](=O)[O-])c1. The molecule has 2 aromatic rings. The molecule has 0 aliphatic heterocycles. The molecule has 0 amide bonds. The van der Waals surface area contributed by atoms with Crippen molar-refractivity contribution in [3.8, 4) is 5.75 Å². The third-order valence-corrected chi connectivity index (χ3v) is 3.54. The summed E-state index contributed by atoms with van der Waals surface area (Å²) in [5.74, 6) is 0.495. The maximum Gasteiger partial charge on any atom is 0.296 e. The van der Waals surface area contributed by atoms with E-state index in [0.29, 0.717) is 24.6 Å². The second kappa shape index (κ2) is 6.33. The molecule has 2 rings (SSSR count). The minimum Gasteiger partial charge on any atom is -0.494 e. The van der Waals surface area contributed by atoms with Crippen LogP contribution in [0.4, 0.5) is 11.4 Å². The van der Waals surface area contributed by atoms with Gasteiger partial charge in [0.1, 0.15) is 16.4 Å². The van der Waals surface area contributed by atoms with Gasteiger partial charge in [-0.1, -0.05) is 0 Å². The third-order valence-electron chi connectivity index (χ3n) is 2.57. The number of anilines is 1. The van der Waals surface area contributed by atoms with Crippen LogP contribution in [0.15, 0.2) is 23.6 Å². The Bertz CT molecular complexity index is 613. The summed E-state index contributed by atoms with van der Waals surface area (Å²) in [7, 11) is 0. The molecule has 1 heterocycles. The second-order valence-electron chi connectivity index (χ2n) is 4.11. The van der Waals surface area contributed by atoms with E-state index in [1.54, 1.807) is 12.1 Å². The van der Waals surface area contributed by atoms with Gasteiger partial charge in [0.05, 0.1) is 24.1 Å². The lowest BCUT2D eigenvalue weighted by atomic mass is 10.2. The average Bonchev–Trinajstić information content (AvgIpc) is 2.83. The van der Waals surface area contributed by atoms with Crippen LogP contribution in [0.1, 0.15) is 17.6 Å². The van der Waals surface area contributed by atoms with Gasteiger partial charge in [0.2, 0.25) is 0 Å². The van der Waals surface area contributed by atoms with E-state index in [1.165, 1.54) is 17.4 Å². The van der Waals surface area contributed by atoms with Crippen LogP contribution in [0.3, 0.4) is 0 Å². The van der Waals surface area contributed by atoms with Crippen LogP contribution >= 0.6 is 11.3 Å². The number of nitrogens with one attached hydrogen (secondary N) is 1. The van der Waals surface area contributed by atoms with E-state index in [9.17, 15) is 10.1 Å². The molecular weight excluding hydrogens is 278 g/mol. The molecule has 20 heavy (non-hydrogen) atoms. The van der Waals surface area contributed by atoms with Gasteiger partial charge in [-0.05, 0) is 26.0 Å². The Kier molecular flexibility index (Phi) is 4.52. The molecule has 0 radical (unpaired) electrons. The number of thiazole rings is 1. The van der Waals surface area contributed by atoms with Crippen molar-refractivity contribution in [2.75, 3.05) is 11.9 Å². The van der Waals surface area contributed by atoms with Gasteiger partial charge >= 0.3 is 0 Å². The van der Waals surface area contributed by atoms with E-state index in [0.717, 1.165) is 10.7 Å². The number of hydrogen-bond acceptors (Lipinski definition) is 6. The zero-order valence-corrected chi connectivity index (χ0v) is 12.1. The lowest BCUT2D eigenvalue weighted by Crippen LogP contribution is -2.03. The van der Waals surface area contributed by atoms with Crippen molar-refractivity contribution in [2.24, 2.45) is 0 Å². The maximum absolute atomic E-state index is 11.1. The molecule has 1 N–H and O–H groups in total. The van der Waals surface area contributed by atoms with E-state index < -0.39 is 4.92 Å². The Hall–Kier alpha value is -2.15. The molecule has 6 nitrogen and oxygen atoms in total. The fourth-order valence-electron chi connectivity index (χ4n) is 1.72. The van der Waals surface area contributed by atoms with Crippen LogP contribution < -0.4 is 10.1 Å². The first-order chi connectivity index (χ1) is 9.60.